The fraction of sp³-hybridized carbons (Fsp3) is 0.304. The Morgan fingerprint density at radius 1 is 0.903 bits per heavy atom. The van der Waals surface area contributed by atoms with Gasteiger partial charge in [0.05, 0.1) is 10.6 Å². The molecule has 1 aliphatic carbocycles. The minimum absolute atomic E-state index is 0.0819. The van der Waals surface area contributed by atoms with E-state index in [4.69, 9.17) is 0 Å². The molecule has 1 amide bonds. The SMILES string of the molecule is O=C(c1ccc(-n2cccn2)cc1)N1CCN(S(=O)(=O)c2ccc3c(c2)CCC3)CC1. The number of rotatable bonds is 4. The van der Waals surface area contributed by atoms with E-state index in [9.17, 15) is 13.2 Å². The quantitative estimate of drug-likeness (QED) is 0.630. The Morgan fingerprint density at radius 3 is 2.35 bits per heavy atom. The van der Waals surface area contributed by atoms with Crippen molar-refractivity contribution in [1.82, 2.24) is 19.0 Å². The Bertz CT molecular complexity index is 1200. The lowest BCUT2D eigenvalue weighted by atomic mass is 10.1. The van der Waals surface area contributed by atoms with E-state index < -0.39 is 10.0 Å². The van der Waals surface area contributed by atoms with Crippen LogP contribution in [0.15, 0.2) is 65.8 Å². The number of aromatic nitrogens is 2. The van der Waals surface area contributed by atoms with E-state index in [1.165, 1.54) is 9.87 Å². The molecule has 5 rings (SSSR count). The van der Waals surface area contributed by atoms with Crippen LogP contribution in [-0.4, -0.2) is 59.5 Å². The molecule has 2 aliphatic rings. The highest BCUT2D eigenvalue weighted by atomic mass is 32.2. The number of hydrogen-bond donors (Lipinski definition) is 0. The molecule has 2 aromatic carbocycles. The van der Waals surface area contributed by atoms with Gasteiger partial charge in [-0.2, -0.15) is 9.40 Å². The molecule has 1 aliphatic heterocycles. The molecule has 8 heteroatoms. The first kappa shape index (κ1) is 20.0. The molecule has 0 bridgehead atoms. The molecule has 0 spiro atoms. The number of carbonyl (C=O) groups excluding carboxylic acids is 1. The van der Waals surface area contributed by atoms with Crippen molar-refractivity contribution in [2.24, 2.45) is 0 Å². The third-order valence-electron chi connectivity index (χ3n) is 6.12. The Balaban J connectivity index is 1.25. The van der Waals surface area contributed by atoms with Crippen LogP contribution < -0.4 is 0 Å². The van der Waals surface area contributed by atoms with Crippen molar-refractivity contribution in [3.8, 4) is 5.69 Å². The van der Waals surface area contributed by atoms with E-state index in [2.05, 4.69) is 5.10 Å². The number of piperazine rings is 1. The van der Waals surface area contributed by atoms with Gasteiger partial charge in [-0.1, -0.05) is 6.07 Å². The Morgan fingerprint density at radius 2 is 1.65 bits per heavy atom. The van der Waals surface area contributed by atoms with Crippen molar-refractivity contribution in [2.45, 2.75) is 24.2 Å². The second-order valence-electron chi connectivity index (χ2n) is 7.98. The van der Waals surface area contributed by atoms with E-state index in [1.807, 2.05) is 36.5 Å². The number of sulfonamides is 1. The summed E-state index contributed by atoms with van der Waals surface area (Å²) in [5.41, 5.74) is 3.87. The summed E-state index contributed by atoms with van der Waals surface area (Å²) in [4.78, 5) is 15.0. The zero-order valence-corrected chi connectivity index (χ0v) is 18.0. The maximum atomic E-state index is 13.1. The summed E-state index contributed by atoms with van der Waals surface area (Å²) in [5.74, 6) is -0.0819. The van der Waals surface area contributed by atoms with E-state index in [0.717, 1.165) is 30.5 Å². The van der Waals surface area contributed by atoms with Crippen LogP contribution in [0.5, 0.6) is 0 Å². The van der Waals surface area contributed by atoms with Crippen LogP contribution in [0.25, 0.3) is 5.69 Å². The number of benzene rings is 2. The first-order valence-electron chi connectivity index (χ1n) is 10.5. The molecule has 160 valence electrons. The van der Waals surface area contributed by atoms with Crippen molar-refractivity contribution in [2.75, 3.05) is 26.2 Å². The van der Waals surface area contributed by atoms with Gasteiger partial charge in [0.15, 0.2) is 0 Å². The van der Waals surface area contributed by atoms with Crippen LogP contribution in [0.2, 0.25) is 0 Å². The van der Waals surface area contributed by atoms with Crippen LogP contribution in [-0.2, 0) is 22.9 Å². The zero-order chi connectivity index (χ0) is 21.4. The highest BCUT2D eigenvalue weighted by Crippen LogP contribution is 2.27. The van der Waals surface area contributed by atoms with Gasteiger partial charge in [0.2, 0.25) is 10.0 Å². The molecule has 0 N–H and O–H groups in total. The normalized spacial score (nSPS) is 17.0. The number of hydrogen-bond acceptors (Lipinski definition) is 4. The maximum absolute atomic E-state index is 13.1. The topological polar surface area (TPSA) is 75.5 Å². The van der Waals surface area contributed by atoms with Gasteiger partial charge in [-0.15, -0.1) is 0 Å². The standard InChI is InChI=1S/C23H24N4O3S/c28-23(19-5-8-21(9-6-19)27-12-2-11-24-27)25-13-15-26(16-14-25)31(29,30)22-10-7-18-3-1-4-20(18)17-22/h2,5-12,17H,1,3-4,13-16H2. The third kappa shape index (κ3) is 3.77. The van der Waals surface area contributed by atoms with Crippen LogP contribution >= 0.6 is 0 Å². The number of carbonyl (C=O) groups is 1. The lowest BCUT2D eigenvalue weighted by molar-refractivity contribution is 0.0698. The first-order chi connectivity index (χ1) is 15.0. The van der Waals surface area contributed by atoms with Crippen molar-refractivity contribution >= 4 is 15.9 Å². The lowest BCUT2D eigenvalue weighted by Crippen LogP contribution is -2.50. The number of nitrogens with zero attached hydrogens (tertiary/aromatic N) is 4. The van der Waals surface area contributed by atoms with Gasteiger partial charge in [0.25, 0.3) is 5.91 Å². The summed E-state index contributed by atoms with van der Waals surface area (Å²) < 4.78 is 29.4. The third-order valence-corrected chi connectivity index (χ3v) is 8.01. The molecule has 0 atom stereocenters. The number of fused-ring (bicyclic) bond motifs is 1. The molecular formula is C23H24N4O3S. The van der Waals surface area contributed by atoms with Crippen LogP contribution in [0.1, 0.15) is 27.9 Å². The Kier molecular flexibility index (Phi) is 5.11. The average Bonchev–Trinajstić information content (AvgIpc) is 3.50. The number of amides is 1. The smallest absolute Gasteiger partial charge is 0.253 e. The van der Waals surface area contributed by atoms with Crippen LogP contribution in [0, 0.1) is 0 Å². The van der Waals surface area contributed by atoms with E-state index in [0.29, 0.717) is 36.6 Å². The molecule has 7 nitrogen and oxygen atoms in total. The van der Waals surface area contributed by atoms with E-state index in [1.54, 1.807) is 34.0 Å². The summed E-state index contributed by atoms with van der Waals surface area (Å²) in [6, 6.07) is 14.6. The van der Waals surface area contributed by atoms with Gasteiger partial charge >= 0.3 is 0 Å². The van der Waals surface area contributed by atoms with Gasteiger partial charge in [0.1, 0.15) is 0 Å². The molecule has 1 saturated heterocycles. The first-order valence-corrected chi connectivity index (χ1v) is 12.0. The lowest BCUT2D eigenvalue weighted by Gasteiger charge is -2.34. The summed E-state index contributed by atoms with van der Waals surface area (Å²) >= 11 is 0. The molecule has 3 aromatic rings. The molecule has 0 radical (unpaired) electrons. The molecule has 1 aromatic heterocycles. The summed E-state index contributed by atoms with van der Waals surface area (Å²) in [7, 11) is -3.54. The zero-order valence-electron chi connectivity index (χ0n) is 17.1. The number of aryl methyl sites for hydroxylation is 2. The van der Waals surface area contributed by atoms with Crippen molar-refractivity contribution in [1.29, 1.82) is 0 Å². The molecular weight excluding hydrogens is 412 g/mol. The van der Waals surface area contributed by atoms with Gasteiger partial charge in [-0.05, 0) is 72.9 Å². The monoisotopic (exact) mass is 436 g/mol. The largest absolute Gasteiger partial charge is 0.336 e. The molecule has 2 heterocycles. The van der Waals surface area contributed by atoms with Gasteiger partial charge in [-0.25, -0.2) is 13.1 Å². The Labute approximate surface area is 182 Å². The second-order valence-corrected chi connectivity index (χ2v) is 9.92. The predicted molar refractivity (Wildman–Crippen MR) is 117 cm³/mol. The van der Waals surface area contributed by atoms with Crippen molar-refractivity contribution in [3.05, 3.63) is 77.6 Å². The minimum atomic E-state index is -3.54. The highest BCUT2D eigenvalue weighted by Gasteiger charge is 2.31. The van der Waals surface area contributed by atoms with Gasteiger partial charge < -0.3 is 4.90 Å². The van der Waals surface area contributed by atoms with E-state index in [-0.39, 0.29) is 5.91 Å². The summed E-state index contributed by atoms with van der Waals surface area (Å²) in [6.45, 7) is 1.36. The highest BCUT2D eigenvalue weighted by molar-refractivity contribution is 7.89. The van der Waals surface area contributed by atoms with Crippen LogP contribution in [0.3, 0.4) is 0 Å². The predicted octanol–water partition coefficient (Wildman–Crippen LogP) is 2.51. The van der Waals surface area contributed by atoms with Gasteiger partial charge in [0, 0.05) is 44.1 Å². The van der Waals surface area contributed by atoms with E-state index >= 15 is 0 Å². The molecule has 0 unspecified atom stereocenters. The maximum Gasteiger partial charge on any atom is 0.253 e. The summed E-state index contributed by atoms with van der Waals surface area (Å²) in [5, 5.41) is 4.19. The van der Waals surface area contributed by atoms with Crippen molar-refractivity contribution in [3.63, 3.8) is 0 Å². The second kappa shape index (κ2) is 7.94. The Hall–Kier alpha value is -2.97. The van der Waals surface area contributed by atoms with Crippen molar-refractivity contribution < 1.29 is 13.2 Å². The fourth-order valence-corrected chi connectivity index (χ4v) is 5.82. The fourth-order valence-electron chi connectivity index (χ4n) is 4.35. The molecule has 0 saturated carbocycles. The average molecular weight is 437 g/mol. The minimum Gasteiger partial charge on any atom is -0.336 e. The molecule has 31 heavy (non-hydrogen) atoms. The molecule has 1 fully saturated rings. The summed E-state index contributed by atoms with van der Waals surface area (Å²) in [6.07, 6.45) is 6.61. The van der Waals surface area contributed by atoms with Gasteiger partial charge in [-0.3, -0.25) is 4.79 Å². The van der Waals surface area contributed by atoms with Crippen LogP contribution in [0.4, 0.5) is 0 Å².